The lowest BCUT2D eigenvalue weighted by molar-refractivity contribution is -0.130. The summed E-state index contributed by atoms with van der Waals surface area (Å²) in [6.45, 7) is 6.84. The van der Waals surface area contributed by atoms with Gasteiger partial charge in [-0.3, -0.25) is 14.5 Å². The number of hydrogen-bond acceptors (Lipinski definition) is 3. The second-order valence-corrected chi connectivity index (χ2v) is 6.54. The number of hydrogen-bond donors (Lipinski definition) is 1. The van der Waals surface area contributed by atoms with Gasteiger partial charge in [0, 0.05) is 42.4 Å². The number of aryl methyl sites for hydroxylation is 1. The van der Waals surface area contributed by atoms with Gasteiger partial charge in [-0.1, -0.05) is 0 Å². The number of carbonyl (C=O) groups is 2. The molecule has 1 aliphatic heterocycles. The van der Waals surface area contributed by atoms with Crippen molar-refractivity contribution in [3.05, 3.63) is 27.3 Å². The summed E-state index contributed by atoms with van der Waals surface area (Å²) in [5.74, 6) is 0.101. The molecule has 0 aliphatic carbocycles. The van der Waals surface area contributed by atoms with Gasteiger partial charge in [-0.25, -0.2) is 0 Å². The summed E-state index contributed by atoms with van der Waals surface area (Å²) in [6.07, 6.45) is 0. The Morgan fingerprint density at radius 1 is 1.24 bits per heavy atom. The van der Waals surface area contributed by atoms with Crippen molar-refractivity contribution in [2.45, 2.75) is 13.8 Å². The second kappa shape index (κ2) is 7.22. The molecule has 1 fully saturated rings. The molecule has 0 aromatic heterocycles. The number of nitrogens with one attached hydrogen (secondary N) is 1. The van der Waals surface area contributed by atoms with Crippen LogP contribution >= 0.6 is 22.6 Å². The maximum absolute atomic E-state index is 12.1. The molecule has 5 nitrogen and oxygen atoms in total. The van der Waals surface area contributed by atoms with Gasteiger partial charge in [-0.15, -0.1) is 0 Å². The van der Waals surface area contributed by atoms with Crippen LogP contribution in [-0.2, 0) is 9.59 Å². The SMILES string of the molecule is CC(=O)N1CCN(CC(=O)Nc2ccc(I)cc2C)CC1. The standard InChI is InChI=1S/C15H20IN3O2/c1-11-9-13(16)3-4-14(11)17-15(21)10-18-5-7-19(8-6-18)12(2)20/h3-4,9H,5-8,10H2,1-2H3,(H,17,21). The monoisotopic (exact) mass is 401 g/mol. The molecule has 0 atom stereocenters. The third kappa shape index (κ3) is 4.67. The summed E-state index contributed by atoms with van der Waals surface area (Å²) in [4.78, 5) is 27.3. The molecule has 21 heavy (non-hydrogen) atoms. The summed E-state index contributed by atoms with van der Waals surface area (Å²) in [5.41, 5.74) is 1.93. The number of carbonyl (C=O) groups excluding carboxylic acids is 2. The second-order valence-electron chi connectivity index (χ2n) is 5.29. The molecular formula is C15H20IN3O2. The molecule has 1 N–H and O–H groups in total. The van der Waals surface area contributed by atoms with Crippen LogP contribution in [0.4, 0.5) is 5.69 Å². The fourth-order valence-electron chi connectivity index (χ4n) is 2.38. The number of anilines is 1. The van der Waals surface area contributed by atoms with Gasteiger partial charge in [0.15, 0.2) is 0 Å². The number of amides is 2. The van der Waals surface area contributed by atoms with Crippen LogP contribution in [0.15, 0.2) is 18.2 Å². The highest BCUT2D eigenvalue weighted by Crippen LogP contribution is 2.17. The molecule has 1 aliphatic rings. The van der Waals surface area contributed by atoms with Gasteiger partial charge in [-0.05, 0) is 53.3 Å². The third-order valence-corrected chi connectivity index (χ3v) is 4.32. The fraction of sp³-hybridized carbons (Fsp3) is 0.467. The Morgan fingerprint density at radius 3 is 2.48 bits per heavy atom. The molecule has 0 bridgehead atoms. The molecule has 1 heterocycles. The van der Waals surface area contributed by atoms with Gasteiger partial charge in [0.05, 0.1) is 6.54 Å². The molecule has 1 aromatic rings. The predicted octanol–water partition coefficient (Wildman–Crippen LogP) is 1.70. The van der Waals surface area contributed by atoms with Gasteiger partial charge in [0.25, 0.3) is 0 Å². The van der Waals surface area contributed by atoms with Crippen LogP contribution in [0.2, 0.25) is 0 Å². The molecule has 1 saturated heterocycles. The van der Waals surface area contributed by atoms with E-state index in [0.29, 0.717) is 19.6 Å². The molecule has 1 aromatic carbocycles. The van der Waals surface area contributed by atoms with Crippen LogP contribution in [0.1, 0.15) is 12.5 Å². The molecule has 0 unspecified atom stereocenters. The largest absolute Gasteiger partial charge is 0.340 e. The van der Waals surface area contributed by atoms with E-state index in [1.54, 1.807) is 6.92 Å². The highest BCUT2D eigenvalue weighted by molar-refractivity contribution is 14.1. The highest BCUT2D eigenvalue weighted by atomic mass is 127. The summed E-state index contributed by atoms with van der Waals surface area (Å²) in [6, 6.07) is 5.96. The van der Waals surface area contributed by atoms with Crippen LogP contribution in [0, 0.1) is 10.5 Å². The Hall–Kier alpha value is -1.15. The van der Waals surface area contributed by atoms with Gasteiger partial charge < -0.3 is 10.2 Å². The molecule has 0 radical (unpaired) electrons. The van der Waals surface area contributed by atoms with Crippen molar-refractivity contribution in [1.29, 1.82) is 0 Å². The normalized spacial score (nSPS) is 15.9. The summed E-state index contributed by atoms with van der Waals surface area (Å²) >= 11 is 2.25. The first-order valence-corrected chi connectivity index (χ1v) is 8.07. The highest BCUT2D eigenvalue weighted by Gasteiger charge is 2.20. The van der Waals surface area contributed by atoms with Crippen molar-refractivity contribution in [1.82, 2.24) is 9.80 Å². The minimum atomic E-state index is -0.00409. The molecule has 0 spiro atoms. The van der Waals surface area contributed by atoms with E-state index in [2.05, 4.69) is 32.8 Å². The summed E-state index contributed by atoms with van der Waals surface area (Å²) in [7, 11) is 0. The topological polar surface area (TPSA) is 52.7 Å². The van der Waals surface area contributed by atoms with E-state index < -0.39 is 0 Å². The molecule has 114 valence electrons. The fourth-order valence-corrected chi connectivity index (χ4v) is 3.03. The van der Waals surface area contributed by atoms with Crippen LogP contribution in [0.3, 0.4) is 0 Å². The van der Waals surface area contributed by atoms with Crippen LogP contribution in [0.5, 0.6) is 0 Å². The zero-order chi connectivity index (χ0) is 15.4. The van der Waals surface area contributed by atoms with E-state index in [1.807, 2.05) is 30.0 Å². The van der Waals surface area contributed by atoms with Crippen LogP contribution in [-0.4, -0.2) is 54.3 Å². The molecular weight excluding hydrogens is 381 g/mol. The lowest BCUT2D eigenvalue weighted by Gasteiger charge is -2.33. The van der Waals surface area contributed by atoms with Crippen molar-refractivity contribution >= 4 is 40.1 Å². The first kappa shape index (κ1) is 16.2. The van der Waals surface area contributed by atoms with E-state index in [-0.39, 0.29) is 11.8 Å². The van der Waals surface area contributed by atoms with Crippen molar-refractivity contribution in [3.63, 3.8) is 0 Å². The van der Waals surface area contributed by atoms with Gasteiger partial charge in [0.2, 0.25) is 11.8 Å². The number of piperazine rings is 1. The average molecular weight is 401 g/mol. The predicted molar refractivity (Wildman–Crippen MR) is 91.2 cm³/mol. The van der Waals surface area contributed by atoms with Crippen LogP contribution < -0.4 is 5.32 Å². The Bertz CT molecular complexity index is 540. The Labute approximate surface area is 138 Å². The summed E-state index contributed by atoms with van der Waals surface area (Å²) < 4.78 is 1.16. The Balaban J connectivity index is 1.84. The number of rotatable bonds is 3. The van der Waals surface area contributed by atoms with Gasteiger partial charge >= 0.3 is 0 Å². The van der Waals surface area contributed by atoms with E-state index in [4.69, 9.17) is 0 Å². The summed E-state index contributed by atoms with van der Waals surface area (Å²) in [5, 5.41) is 2.95. The molecule has 2 rings (SSSR count). The molecule has 2 amide bonds. The van der Waals surface area contributed by atoms with E-state index >= 15 is 0 Å². The molecule has 6 heteroatoms. The maximum atomic E-state index is 12.1. The van der Waals surface area contributed by atoms with Crippen molar-refractivity contribution < 1.29 is 9.59 Å². The maximum Gasteiger partial charge on any atom is 0.238 e. The number of halogens is 1. The smallest absolute Gasteiger partial charge is 0.238 e. The van der Waals surface area contributed by atoms with E-state index in [1.165, 1.54) is 0 Å². The lowest BCUT2D eigenvalue weighted by atomic mass is 10.2. The van der Waals surface area contributed by atoms with E-state index in [9.17, 15) is 9.59 Å². The zero-order valence-corrected chi connectivity index (χ0v) is 14.5. The molecule has 0 saturated carbocycles. The minimum absolute atomic E-state index is 0.00409. The first-order chi connectivity index (χ1) is 9.95. The van der Waals surface area contributed by atoms with Crippen molar-refractivity contribution in [2.24, 2.45) is 0 Å². The Morgan fingerprint density at radius 2 is 1.90 bits per heavy atom. The average Bonchev–Trinajstić information content (AvgIpc) is 2.42. The first-order valence-electron chi connectivity index (χ1n) is 6.99. The number of nitrogens with zero attached hydrogens (tertiary/aromatic N) is 2. The van der Waals surface area contributed by atoms with Crippen molar-refractivity contribution in [3.8, 4) is 0 Å². The number of benzene rings is 1. The lowest BCUT2D eigenvalue weighted by Crippen LogP contribution is -2.49. The van der Waals surface area contributed by atoms with Gasteiger partial charge in [0.1, 0.15) is 0 Å². The third-order valence-electron chi connectivity index (χ3n) is 3.65. The van der Waals surface area contributed by atoms with Crippen molar-refractivity contribution in [2.75, 3.05) is 38.0 Å². The Kier molecular flexibility index (Phi) is 5.58. The quantitative estimate of drug-likeness (QED) is 0.785. The van der Waals surface area contributed by atoms with Gasteiger partial charge in [-0.2, -0.15) is 0 Å². The van der Waals surface area contributed by atoms with E-state index in [0.717, 1.165) is 27.9 Å². The van der Waals surface area contributed by atoms with Crippen LogP contribution in [0.25, 0.3) is 0 Å². The minimum Gasteiger partial charge on any atom is -0.340 e. The zero-order valence-electron chi connectivity index (χ0n) is 12.4.